The Labute approximate surface area is 126 Å². The Morgan fingerprint density at radius 2 is 1.86 bits per heavy atom. The second kappa shape index (κ2) is 8.12. The van der Waals surface area contributed by atoms with Gasteiger partial charge in [0.25, 0.3) is 0 Å². The molecule has 0 atom stereocenters. The third kappa shape index (κ3) is 4.03. The van der Waals surface area contributed by atoms with E-state index < -0.39 is 0 Å². The number of nitrogens with zero attached hydrogens (tertiary/aromatic N) is 2. The van der Waals surface area contributed by atoms with Gasteiger partial charge >= 0.3 is 0 Å². The number of benzene rings is 1. The van der Waals surface area contributed by atoms with E-state index >= 15 is 0 Å². The Balaban J connectivity index is 1.99. The minimum atomic E-state index is -0.195. The normalized spacial score (nSPS) is 11.6. The molecular weight excluding hydrogens is 266 g/mol. The second-order valence-corrected chi connectivity index (χ2v) is 4.73. The van der Waals surface area contributed by atoms with E-state index in [2.05, 4.69) is 22.9 Å². The average Bonchev–Trinajstić information content (AvgIpc) is 2.85. The highest BCUT2D eigenvalue weighted by molar-refractivity contribution is 5.75. The molecule has 0 amide bonds. The molecule has 0 aliphatic carbocycles. The Bertz CT molecular complexity index is 547. The summed E-state index contributed by atoms with van der Waals surface area (Å²) in [7, 11) is 0. The number of fused-ring (bicyclic) bond motifs is 1. The van der Waals surface area contributed by atoms with Crippen LogP contribution in [0.15, 0.2) is 24.3 Å². The maximum absolute atomic E-state index is 5.52. The van der Waals surface area contributed by atoms with Crippen molar-refractivity contribution in [2.75, 3.05) is 19.8 Å². The fourth-order valence-electron chi connectivity index (χ4n) is 2.45. The number of aromatic nitrogens is 2. The van der Waals surface area contributed by atoms with Crippen molar-refractivity contribution in [1.29, 1.82) is 0 Å². The van der Waals surface area contributed by atoms with E-state index in [-0.39, 0.29) is 6.29 Å². The SMILES string of the molecule is CCOC(CNCc1nc2ccccc2n1CC)OCC. The lowest BCUT2D eigenvalue weighted by Gasteiger charge is -2.17. The first-order chi connectivity index (χ1) is 10.3. The highest BCUT2D eigenvalue weighted by atomic mass is 16.7. The van der Waals surface area contributed by atoms with Crippen molar-refractivity contribution < 1.29 is 9.47 Å². The van der Waals surface area contributed by atoms with Crippen LogP contribution in [-0.2, 0) is 22.6 Å². The molecule has 1 N–H and O–H groups in total. The maximum atomic E-state index is 5.52. The number of nitrogens with one attached hydrogen (secondary N) is 1. The smallest absolute Gasteiger partial charge is 0.169 e. The Morgan fingerprint density at radius 1 is 1.14 bits per heavy atom. The molecule has 2 rings (SSSR count). The standard InChI is InChI=1S/C16H25N3O2/c1-4-19-14-10-8-7-9-13(14)18-15(19)11-17-12-16(20-5-2)21-6-3/h7-10,16-17H,4-6,11-12H2,1-3H3. The van der Waals surface area contributed by atoms with E-state index in [1.165, 1.54) is 5.52 Å². The Hall–Kier alpha value is -1.43. The van der Waals surface area contributed by atoms with Crippen LogP contribution >= 0.6 is 0 Å². The first-order valence-electron chi connectivity index (χ1n) is 7.68. The van der Waals surface area contributed by atoms with Crippen molar-refractivity contribution in [3.63, 3.8) is 0 Å². The van der Waals surface area contributed by atoms with Crippen LogP contribution in [-0.4, -0.2) is 35.6 Å². The van der Waals surface area contributed by atoms with Gasteiger partial charge in [-0.25, -0.2) is 4.98 Å². The highest BCUT2D eigenvalue weighted by Gasteiger charge is 2.11. The third-order valence-corrected chi connectivity index (χ3v) is 3.35. The molecular formula is C16H25N3O2. The molecule has 5 heteroatoms. The quantitative estimate of drug-likeness (QED) is 0.721. The number of rotatable bonds is 9. The molecule has 0 aliphatic heterocycles. The van der Waals surface area contributed by atoms with Crippen LogP contribution in [0, 0.1) is 0 Å². The molecule has 1 heterocycles. The van der Waals surface area contributed by atoms with Gasteiger partial charge in [0.2, 0.25) is 0 Å². The molecule has 21 heavy (non-hydrogen) atoms. The van der Waals surface area contributed by atoms with Crippen molar-refractivity contribution in [2.24, 2.45) is 0 Å². The zero-order valence-corrected chi connectivity index (χ0v) is 13.1. The molecule has 0 fully saturated rings. The molecule has 2 aromatic rings. The monoisotopic (exact) mass is 291 g/mol. The van der Waals surface area contributed by atoms with Gasteiger partial charge in [-0.2, -0.15) is 0 Å². The van der Waals surface area contributed by atoms with Gasteiger partial charge in [-0.15, -0.1) is 0 Å². The zero-order chi connectivity index (χ0) is 15.1. The van der Waals surface area contributed by atoms with Crippen molar-refractivity contribution in [3.05, 3.63) is 30.1 Å². The summed E-state index contributed by atoms with van der Waals surface area (Å²) in [5, 5.41) is 3.37. The molecule has 0 radical (unpaired) electrons. The number of ether oxygens (including phenoxy) is 2. The van der Waals surface area contributed by atoms with Crippen LogP contribution in [0.25, 0.3) is 11.0 Å². The number of hydrogen-bond acceptors (Lipinski definition) is 4. The lowest BCUT2D eigenvalue weighted by molar-refractivity contribution is -0.133. The molecule has 0 saturated heterocycles. The number of para-hydroxylation sites is 2. The predicted octanol–water partition coefficient (Wildman–Crippen LogP) is 2.54. The fourth-order valence-corrected chi connectivity index (χ4v) is 2.45. The van der Waals surface area contributed by atoms with Crippen molar-refractivity contribution in [1.82, 2.24) is 14.9 Å². The molecule has 0 unspecified atom stereocenters. The van der Waals surface area contributed by atoms with Crippen LogP contribution in [0.4, 0.5) is 0 Å². The molecule has 1 aromatic carbocycles. The summed E-state index contributed by atoms with van der Waals surface area (Å²) in [5.41, 5.74) is 2.23. The van der Waals surface area contributed by atoms with Crippen LogP contribution < -0.4 is 5.32 Å². The minimum absolute atomic E-state index is 0.195. The minimum Gasteiger partial charge on any atom is -0.352 e. The topological polar surface area (TPSA) is 48.3 Å². The molecule has 0 spiro atoms. The van der Waals surface area contributed by atoms with Gasteiger partial charge in [0.15, 0.2) is 6.29 Å². The average molecular weight is 291 g/mol. The lowest BCUT2D eigenvalue weighted by Crippen LogP contribution is -2.32. The van der Waals surface area contributed by atoms with Gasteiger partial charge in [-0.3, -0.25) is 0 Å². The largest absolute Gasteiger partial charge is 0.352 e. The summed E-state index contributed by atoms with van der Waals surface area (Å²) in [6, 6.07) is 8.23. The van der Waals surface area contributed by atoms with E-state index in [9.17, 15) is 0 Å². The van der Waals surface area contributed by atoms with Crippen LogP contribution in [0.5, 0.6) is 0 Å². The third-order valence-electron chi connectivity index (χ3n) is 3.35. The number of imidazole rings is 1. The predicted molar refractivity (Wildman–Crippen MR) is 84.2 cm³/mol. The van der Waals surface area contributed by atoms with Gasteiger partial charge in [0, 0.05) is 26.3 Å². The molecule has 0 bridgehead atoms. The Kier molecular flexibility index (Phi) is 6.17. The summed E-state index contributed by atoms with van der Waals surface area (Å²) in [6.45, 7) is 9.68. The van der Waals surface area contributed by atoms with Crippen LogP contribution in [0.2, 0.25) is 0 Å². The molecule has 1 aromatic heterocycles. The second-order valence-electron chi connectivity index (χ2n) is 4.73. The summed E-state index contributed by atoms with van der Waals surface area (Å²) in [4.78, 5) is 4.69. The van der Waals surface area contributed by atoms with Crippen molar-refractivity contribution in [2.45, 2.75) is 40.2 Å². The van der Waals surface area contributed by atoms with E-state index in [1.807, 2.05) is 32.0 Å². The lowest BCUT2D eigenvalue weighted by atomic mass is 10.3. The van der Waals surface area contributed by atoms with Gasteiger partial charge in [0.05, 0.1) is 17.6 Å². The summed E-state index contributed by atoms with van der Waals surface area (Å²) in [6.07, 6.45) is -0.195. The summed E-state index contributed by atoms with van der Waals surface area (Å²) < 4.78 is 13.3. The molecule has 0 aliphatic rings. The summed E-state index contributed by atoms with van der Waals surface area (Å²) >= 11 is 0. The molecule has 0 saturated carbocycles. The molecule has 116 valence electrons. The maximum Gasteiger partial charge on any atom is 0.169 e. The van der Waals surface area contributed by atoms with E-state index in [1.54, 1.807) is 0 Å². The first-order valence-corrected chi connectivity index (χ1v) is 7.68. The van der Waals surface area contributed by atoms with Gasteiger partial charge in [0.1, 0.15) is 5.82 Å². The molecule has 5 nitrogen and oxygen atoms in total. The van der Waals surface area contributed by atoms with Gasteiger partial charge in [-0.1, -0.05) is 12.1 Å². The zero-order valence-electron chi connectivity index (χ0n) is 13.1. The fraction of sp³-hybridized carbons (Fsp3) is 0.562. The van der Waals surface area contributed by atoms with Crippen molar-refractivity contribution in [3.8, 4) is 0 Å². The van der Waals surface area contributed by atoms with Crippen LogP contribution in [0.1, 0.15) is 26.6 Å². The van der Waals surface area contributed by atoms with E-state index in [0.717, 1.165) is 17.9 Å². The van der Waals surface area contributed by atoms with Crippen molar-refractivity contribution >= 4 is 11.0 Å². The number of aryl methyl sites for hydroxylation is 1. The summed E-state index contributed by atoms with van der Waals surface area (Å²) in [5.74, 6) is 1.05. The Morgan fingerprint density at radius 3 is 2.52 bits per heavy atom. The highest BCUT2D eigenvalue weighted by Crippen LogP contribution is 2.15. The van der Waals surface area contributed by atoms with Gasteiger partial charge < -0.3 is 19.4 Å². The first kappa shape index (κ1) is 15.9. The number of hydrogen-bond donors (Lipinski definition) is 1. The van der Waals surface area contributed by atoms with E-state index in [4.69, 9.17) is 14.5 Å². The van der Waals surface area contributed by atoms with E-state index in [0.29, 0.717) is 26.3 Å². The van der Waals surface area contributed by atoms with Crippen LogP contribution in [0.3, 0.4) is 0 Å². The van der Waals surface area contributed by atoms with Gasteiger partial charge in [-0.05, 0) is 32.9 Å².